The van der Waals surface area contributed by atoms with Gasteiger partial charge in [0.2, 0.25) is 0 Å². The molecule has 0 amide bonds. The molecule has 1 nitrogen and oxygen atoms in total. The lowest BCUT2D eigenvalue weighted by Crippen LogP contribution is -2.40. The van der Waals surface area contributed by atoms with Crippen LogP contribution in [0.1, 0.15) is 57.9 Å². The quantitative estimate of drug-likeness (QED) is 0.758. The van der Waals surface area contributed by atoms with Crippen molar-refractivity contribution in [1.29, 1.82) is 0 Å². The second-order valence-electron chi connectivity index (χ2n) is 6.40. The Kier molecular flexibility index (Phi) is 6.38. The third-order valence-corrected chi connectivity index (χ3v) is 4.77. The van der Waals surface area contributed by atoms with Crippen LogP contribution in [-0.4, -0.2) is 12.1 Å². The molecule has 0 saturated heterocycles. The van der Waals surface area contributed by atoms with E-state index in [0.717, 1.165) is 23.4 Å². The van der Waals surface area contributed by atoms with Crippen LogP contribution in [0.2, 0.25) is 5.02 Å². The van der Waals surface area contributed by atoms with Crippen LogP contribution in [0.25, 0.3) is 0 Å². The van der Waals surface area contributed by atoms with Gasteiger partial charge in [-0.2, -0.15) is 0 Å². The Morgan fingerprint density at radius 3 is 2.40 bits per heavy atom. The van der Waals surface area contributed by atoms with Gasteiger partial charge in [-0.05, 0) is 62.6 Å². The van der Waals surface area contributed by atoms with Crippen molar-refractivity contribution < 1.29 is 0 Å². The van der Waals surface area contributed by atoms with E-state index in [0.29, 0.717) is 6.04 Å². The number of halogens is 1. The summed E-state index contributed by atoms with van der Waals surface area (Å²) >= 11 is 5.93. The maximum Gasteiger partial charge on any atom is 0.0406 e. The van der Waals surface area contributed by atoms with E-state index in [9.17, 15) is 0 Å². The van der Waals surface area contributed by atoms with Crippen molar-refractivity contribution in [2.75, 3.05) is 0 Å². The van der Waals surface area contributed by atoms with Gasteiger partial charge in [-0.1, -0.05) is 43.5 Å². The average molecular weight is 294 g/mol. The van der Waals surface area contributed by atoms with E-state index in [2.05, 4.69) is 31.3 Å². The molecule has 2 rings (SSSR count). The van der Waals surface area contributed by atoms with Crippen LogP contribution in [0.5, 0.6) is 0 Å². The molecule has 1 aromatic carbocycles. The molecule has 1 unspecified atom stereocenters. The number of hydrogen-bond acceptors (Lipinski definition) is 1. The van der Waals surface area contributed by atoms with Gasteiger partial charge in [-0.25, -0.2) is 0 Å². The highest BCUT2D eigenvalue weighted by Crippen LogP contribution is 2.28. The fourth-order valence-electron chi connectivity index (χ4n) is 3.46. The predicted octanol–water partition coefficient (Wildman–Crippen LogP) is 5.22. The van der Waals surface area contributed by atoms with E-state index in [4.69, 9.17) is 11.6 Å². The molecule has 1 aliphatic rings. The normalized spacial score (nSPS) is 24.6. The molecule has 0 spiro atoms. The molecule has 1 N–H and O–H groups in total. The third-order valence-electron chi connectivity index (χ3n) is 4.52. The second-order valence-corrected chi connectivity index (χ2v) is 6.84. The number of rotatable bonds is 6. The average Bonchev–Trinajstić information content (AvgIpc) is 2.44. The highest BCUT2D eigenvalue weighted by atomic mass is 35.5. The summed E-state index contributed by atoms with van der Waals surface area (Å²) in [5, 5.41) is 4.63. The SMILES string of the molecule is CCCC1CCC(NC(C)Cc2ccc(Cl)cc2)CC1. The van der Waals surface area contributed by atoms with Gasteiger partial charge in [-0.15, -0.1) is 0 Å². The van der Waals surface area contributed by atoms with Crippen LogP contribution >= 0.6 is 11.6 Å². The first-order chi connectivity index (χ1) is 9.67. The van der Waals surface area contributed by atoms with Crippen molar-refractivity contribution in [3.05, 3.63) is 34.9 Å². The Morgan fingerprint density at radius 2 is 1.80 bits per heavy atom. The topological polar surface area (TPSA) is 12.0 Å². The molecule has 0 aliphatic heterocycles. The summed E-state index contributed by atoms with van der Waals surface area (Å²) in [5.74, 6) is 0.990. The van der Waals surface area contributed by atoms with E-state index >= 15 is 0 Å². The minimum Gasteiger partial charge on any atom is -0.311 e. The van der Waals surface area contributed by atoms with Crippen molar-refractivity contribution in [2.24, 2.45) is 5.92 Å². The van der Waals surface area contributed by atoms with Crippen LogP contribution in [0.15, 0.2) is 24.3 Å². The first-order valence-corrected chi connectivity index (χ1v) is 8.55. The molecule has 1 fully saturated rings. The van der Waals surface area contributed by atoms with Crippen LogP contribution < -0.4 is 5.32 Å². The Hall–Kier alpha value is -0.530. The van der Waals surface area contributed by atoms with Crippen LogP contribution in [0, 0.1) is 5.92 Å². The largest absolute Gasteiger partial charge is 0.311 e. The second kappa shape index (κ2) is 8.05. The Morgan fingerprint density at radius 1 is 1.15 bits per heavy atom. The van der Waals surface area contributed by atoms with Crippen LogP contribution in [0.4, 0.5) is 0 Å². The molecule has 1 saturated carbocycles. The summed E-state index contributed by atoms with van der Waals surface area (Å²) in [7, 11) is 0. The molecule has 1 aromatic rings. The van der Waals surface area contributed by atoms with Gasteiger partial charge < -0.3 is 5.32 Å². The first-order valence-electron chi connectivity index (χ1n) is 8.18. The zero-order valence-corrected chi connectivity index (χ0v) is 13.6. The van der Waals surface area contributed by atoms with Crippen molar-refractivity contribution >= 4 is 11.6 Å². The lowest BCUT2D eigenvalue weighted by atomic mass is 9.83. The zero-order valence-electron chi connectivity index (χ0n) is 12.9. The maximum absolute atomic E-state index is 5.93. The molecule has 0 radical (unpaired) electrons. The maximum atomic E-state index is 5.93. The predicted molar refractivity (Wildman–Crippen MR) is 88.4 cm³/mol. The molecule has 112 valence electrons. The van der Waals surface area contributed by atoms with Crippen molar-refractivity contribution in [2.45, 2.75) is 70.9 Å². The van der Waals surface area contributed by atoms with Gasteiger partial charge in [-0.3, -0.25) is 0 Å². The van der Waals surface area contributed by atoms with Crippen molar-refractivity contribution in [1.82, 2.24) is 5.32 Å². The molecular formula is C18H28ClN. The standard InChI is InChI=1S/C18H28ClN/c1-3-4-15-7-11-18(12-8-15)20-14(2)13-16-5-9-17(19)10-6-16/h5-6,9-10,14-15,18,20H,3-4,7-8,11-13H2,1-2H3. The Labute approximate surface area is 129 Å². The van der Waals surface area contributed by atoms with Crippen molar-refractivity contribution in [3.8, 4) is 0 Å². The Bertz CT molecular complexity index is 379. The van der Waals surface area contributed by atoms with Gasteiger partial charge in [0, 0.05) is 17.1 Å². The van der Waals surface area contributed by atoms with E-state index in [1.807, 2.05) is 12.1 Å². The van der Waals surface area contributed by atoms with Gasteiger partial charge in [0.15, 0.2) is 0 Å². The fraction of sp³-hybridized carbons (Fsp3) is 0.667. The summed E-state index contributed by atoms with van der Waals surface area (Å²) < 4.78 is 0. The molecular weight excluding hydrogens is 266 g/mol. The van der Waals surface area contributed by atoms with Gasteiger partial charge >= 0.3 is 0 Å². The van der Waals surface area contributed by atoms with E-state index in [1.165, 1.54) is 44.1 Å². The molecule has 20 heavy (non-hydrogen) atoms. The highest BCUT2D eigenvalue weighted by molar-refractivity contribution is 6.30. The molecule has 0 bridgehead atoms. The Balaban J connectivity index is 1.72. The monoisotopic (exact) mass is 293 g/mol. The molecule has 0 heterocycles. The van der Waals surface area contributed by atoms with Gasteiger partial charge in [0.05, 0.1) is 0 Å². The lowest BCUT2D eigenvalue weighted by Gasteiger charge is -2.31. The molecule has 1 aliphatic carbocycles. The number of nitrogens with one attached hydrogen (secondary N) is 1. The number of hydrogen-bond donors (Lipinski definition) is 1. The molecule has 1 atom stereocenters. The van der Waals surface area contributed by atoms with E-state index in [1.54, 1.807) is 0 Å². The summed E-state index contributed by atoms with van der Waals surface area (Å²) in [6, 6.07) is 9.52. The molecule has 0 aromatic heterocycles. The smallest absolute Gasteiger partial charge is 0.0406 e. The van der Waals surface area contributed by atoms with E-state index < -0.39 is 0 Å². The lowest BCUT2D eigenvalue weighted by molar-refractivity contribution is 0.265. The van der Waals surface area contributed by atoms with E-state index in [-0.39, 0.29) is 0 Å². The third kappa shape index (κ3) is 5.10. The zero-order chi connectivity index (χ0) is 14.4. The summed E-state index contributed by atoms with van der Waals surface area (Å²) in [6.07, 6.45) is 9.40. The number of benzene rings is 1. The van der Waals surface area contributed by atoms with Gasteiger partial charge in [0.25, 0.3) is 0 Å². The van der Waals surface area contributed by atoms with Crippen molar-refractivity contribution in [3.63, 3.8) is 0 Å². The summed E-state index contributed by atoms with van der Waals surface area (Å²) in [4.78, 5) is 0. The van der Waals surface area contributed by atoms with Crippen LogP contribution in [0.3, 0.4) is 0 Å². The molecule has 2 heteroatoms. The van der Waals surface area contributed by atoms with Gasteiger partial charge in [0.1, 0.15) is 0 Å². The fourth-order valence-corrected chi connectivity index (χ4v) is 3.59. The highest BCUT2D eigenvalue weighted by Gasteiger charge is 2.21. The summed E-state index contributed by atoms with van der Waals surface area (Å²) in [6.45, 7) is 4.60. The van der Waals surface area contributed by atoms with Crippen LogP contribution in [-0.2, 0) is 6.42 Å². The summed E-state index contributed by atoms with van der Waals surface area (Å²) in [5.41, 5.74) is 1.37. The first kappa shape index (κ1) is 15.9. The minimum absolute atomic E-state index is 0.545. The minimum atomic E-state index is 0.545.